The highest BCUT2D eigenvalue weighted by atomic mass is 19.1. The van der Waals surface area contributed by atoms with E-state index < -0.39 is 0 Å². The van der Waals surface area contributed by atoms with Crippen LogP contribution in [0.3, 0.4) is 0 Å². The molecule has 0 aromatic heterocycles. The van der Waals surface area contributed by atoms with Gasteiger partial charge in [0.1, 0.15) is 11.6 Å². The number of nitrogens with one attached hydrogen (secondary N) is 1. The average molecular weight is 259 g/mol. The maximum Gasteiger partial charge on any atom is 0.123 e. The van der Waals surface area contributed by atoms with Crippen molar-refractivity contribution in [2.24, 2.45) is 0 Å². The molecule has 1 unspecified atom stereocenters. The zero-order valence-electron chi connectivity index (χ0n) is 11.2. The molecule has 0 aliphatic carbocycles. The Morgan fingerprint density at radius 1 is 1.16 bits per heavy atom. The van der Waals surface area contributed by atoms with Gasteiger partial charge in [0.05, 0.1) is 7.11 Å². The smallest absolute Gasteiger partial charge is 0.123 e. The van der Waals surface area contributed by atoms with Gasteiger partial charge in [-0.3, -0.25) is 0 Å². The highest BCUT2D eigenvalue weighted by molar-refractivity contribution is 5.32. The van der Waals surface area contributed by atoms with Gasteiger partial charge in [0.25, 0.3) is 0 Å². The quantitative estimate of drug-likeness (QED) is 0.889. The summed E-state index contributed by atoms with van der Waals surface area (Å²) in [7, 11) is 3.58. The van der Waals surface area contributed by atoms with E-state index in [1.807, 2.05) is 37.4 Å². The Hall–Kier alpha value is -1.87. The molecule has 0 radical (unpaired) electrons. The summed E-state index contributed by atoms with van der Waals surface area (Å²) < 4.78 is 18.1. The van der Waals surface area contributed by atoms with Crippen LogP contribution >= 0.6 is 0 Å². The lowest BCUT2D eigenvalue weighted by molar-refractivity contribution is 0.413. The largest absolute Gasteiger partial charge is 0.497 e. The Morgan fingerprint density at radius 3 is 2.53 bits per heavy atom. The molecular formula is C16H18FNO. The van der Waals surface area contributed by atoms with Gasteiger partial charge in [0.15, 0.2) is 0 Å². The van der Waals surface area contributed by atoms with E-state index in [4.69, 9.17) is 4.74 Å². The highest BCUT2D eigenvalue weighted by Gasteiger charge is 2.10. The van der Waals surface area contributed by atoms with Crippen molar-refractivity contribution < 1.29 is 9.13 Å². The second-order valence-electron chi connectivity index (χ2n) is 4.45. The molecule has 0 spiro atoms. The Kier molecular flexibility index (Phi) is 4.53. The molecule has 2 nitrogen and oxygen atoms in total. The average Bonchev–Trinajstić information content (AvgIpc) is 2.46. The molecule has 2 aromatic carbocycles. The van der Waals surface area contributed by atoms with E-state index in [-0.39, 0.29) is 11.9 Å². The number of methoxy groups -OCH3 is 1. The summed E-state index contributed by atoms with van der Waals surface area (Å²) in [6.07, 6.45) is 0.809. The van der Waals surface area contributed by atoms with Gasteiger partial charge in [-0.2, -0.15) is 0 Å². The van der Waals surface area contributed by atoms with Crippen molar-refractivity contribution in [2.45, 2.75) is 12.5 Å². The summed E-state index contributed by atoms with van der Waals surface area (Å²) in [5.41, 5.74) is 2.26. The third-order valence-electron chi connectivity index (χ3n) is 3.20. The van der Waals surface area contributed by atoms with Gasteiger partial charge in [-0.1, -0.05) is 24.3 Å². The Balaban J connectivity index is 2.17. The van der Waals surface area contributed by atoms with Crippen LogP contribution in [0, 0.1) is 5.82 Å². The van der Waals surface area contributed by atoms with E-state index in [0.717, 1.165) is 23.3 Å². The number of rotatable bonds is 5. The van der Waals surface area contributed by atoms with Crippen LogP contribution in [0.4, 0.5) is 4.39 Å². The molecule has 0 saturated heterocycles. The van der Waals surface area contributed by atoms with Crippen LogP contribution in [0.1, 0.15) is 17.2 Å². The predicted molar refractivity (Wildman–Crippen MR) is 74.9 cm³/mol. The molecule has 1 atom stereocenters. The van der Waals surface area contributed by atoms with Crippen LogP contribution in [-0.4, -0.2) is 14.2 Å². The van der Waals surface area contributed by atoms with E-state index >= 15 is 0 Å². The van der Waals surface area contributed by atoms with E-state index in [1.165, 1.54) is 12.1 Å². The summed E-state index contributed by atoms with van der Waals surface area (Å²) in [4.78, 5) is 0. The summed E-state index contributed by atoms with van der Waals surface area (Å²) in [6, 6.07) is 14.8. The SMILES string of the molecule is CNC(Cc1ccc(F)cc1)c1cccc(OC)c1. The molecular weight excluding hydrogens is 241 g/mol. The van der Waals surface area contributed by atoms with Crippen molar-refractivity contribution in [2.75, 3.05) is 14.2 Å². The summed E-state index contributed by atoms with van der Waals surface area (Å²) in [6.45, 7) is 0. The first kappa shape index (κ1) is 13.6. The Bertz CT molecular complexity index is 525. The van der Waals surface area contributed by atoms with E-state index in [9.17, 15) is 4.39 Å². The van der Waals surface area contributed by atoms with Gasteiger partial charge in [0.2, 0.25) is 0 Å². The fourth-order valence-electron chi connectivity index (χ4n) is 2.10. The molecule has 19 heavy (non-hydrogen) atoms. The van der Waals surface area contributed by atoms with Gasteiger partial charge in [-0.15, -0.1) is 0 Å². The number of benzene rings is 2. The van der Waals surface area contributed by atoms with E-state index in [2.05, 4.69) is 11.4 Å². The fraction of sp³-hybridized carbons (Fsp3) is 0.250. The lowest BCUT2D eigenvalue weighted by atomic mass is 9.99. The molecule has 0 aliphatic rings. The molecule has 0 bridgehead atoms. The summed E-state index contributed by atoms with van der Waals surface area (Å²) in [5, 5.41) is 3.28. The second kappa shape index (κ2) is 6.34. The maximum atomic E-state index is 12.9. The number of likely N-dealkylation sites (N-methyl/N-ethyl adjacent to an activating group) is 1. The number of halogens is 1. The van der Waals surface area contributed by atoms with Crippen LogP contribution in [0.5, 0.6) is 5.75 Å². The third kappa shape index (κ3) is 3.55. The van der Waals surface area contributed by atoms with Crippen molar-refractivity contribution in [3.8, 4) is 5.75 Å². The van der Waals surface area contributed by atoms with Crippen LogP contribution in [-0.2, 0) is 6.42 Å². The molecule has 100 valence electrons. The van der Waals surface area contributed by atoms with Crippen molar-refractivity contribution in [3.05, 3.63) is 65.5 Å². The molecule has 0 aliphatic heterocycles. The van der Waals surface area contributed by atoms with Gasteiger partial charge in [0, 0.05) is 6.04 Å². The van der Waals surface area contributed by atoms with Gasteiger partial charge < -0.3 is 10.1 Å². The molecule has 2 rings (SSSR count). The van der Waals surface area contributed by atoms with Crippen LogP contribution in [0.15, 0.2) is 48.5 Å². The minimum atomic E-state index is -0.203. The van der Waals surface area contributed by atoms with E-state index in [1.54, 1.807) is 7.11 Å². The minimum Gasteiger partial charge on any atom is -0.497 e. The number of hydrogen-bond donors (Lipinski definition) is 1. The molecule has 2 aromatic rings. The molecule has 1 N–H and O–H groups in total. The molecule has 3 heteroatoms. The Labute approximate surface area is 113 Å². The summed E-state index contributed by atoms with van der Waals surface area (Å²) in [5.74, 6) is 0.642. The van der Waals surface area contributed by atoms with Crippen LogP contribution < -0.4 is 10.1 Å². The monoisotopic (exact) mass is 259 g/mol. The first-order valence-electron chi connectivity index (χ1n) is 6.28. The molecule has 0 saturated carbocycles. The third-order valence-corrected chi connectivity index (χ3v) is 3.20. The first-order valence-corrected chi connectivity index (χ1v) is 6.28. The van der Waals surface area contributed by atoms with Crippen molar-refractivity contribution >= 4 is 0 Å². The molecule has 0 fully saturated rings. The normalized spacial score (nSPS) is 12.2. The van der Waals surface area contributed by atoms with Crippen molar-refractivity contribution in [1.29, 1.82) is 0 Å². The predicted octanol–water partition coefficient (Wildman–Crippen LogP) is 3.34. The highest BCUT2D eigenvalue weighted by Crippen LogP contribution is 2.22. The van der Waals surface area contributed by atoms with Gasteiger partial charge in [-0.05, 0) is 48.9 Å². The number of hydrogen-bond acceptors (Lipinski definition) is 2. The first-order chi connectivity index (χ1) is 9.22. The Morgan fingerprint density at radius 2 is 1.89 bits per heavy atom. The maximum absolute atomic E-state index is 12.9. The lowest BCUT2D eigenvalue weighted by Gasteiger charge is -2.17. The summed E-state index contributed by atoms with van der Waals surface area (Å²) >= 11 is 0. The van der Waals surface area contributed by atoms with Gasteiger partial charge in [-0.25, -0.2) is 4.39 Å². The second-order valence-corrected chi connectivity index (χ2v) is 4.45. The van der Waals surface area contributed by atoms with Crippen molar-refractivity contribution in [3.63, 3.8) is 0 Å². The number of ether oxygens (including phenoxy) is 1. The van der Waals surface area contributed by atoms with Crippen LogP contribution in [0.2, 0.25) is 0 Å². The molecule has 0 heterocycles. The van der Waals surface area contributed by atoms with E-state index in [0.29, 0.717) is 0 Å². The minimum absolute atomic E-state index is 0.181. The lowest BCUT2D eigenvalue weighted by Crippen LogP contribution is -2.18. The van der Waals surface area contributed by atoms with Gasteiger partial charge >= 0.3 is 0 Å². The molecule has 0 amide bonds. The standard InChI is InChI=1S/C16H18FNO/c1-18-16(10-12-6-8-14(17)9-7-12)13-4-3-5-15(11-13)19-2/h3-9,11,16,18H,10H2,1-2H3. The van der Waals surface area contributed by atoms with Crippen LogP contribution in [0.25, 0.3) is 0 Å². The van der Waals surface area contributed by atoms with Crippen molar-refractivity contribution in [1.82, 2.24) is 5.32 Å². The fourth-order valence-corrected chi connectivity index (χ4v) is 2.10. The zero-order chi connectivity index (χ0) is 13.7. The zero-order valence-corrected chi connectivity index (χ0v) is 11.2. The topological polar surface area (TPSA) is 21.3 Å².